The fraction of sp³-hybridized carbons (Fsp3) is 1.00. The minimum Gasteiger partial charge on any atom is -0.316 e. The van der Waals surface area contributed by atoms with Crippen LogP contribution < -0.4 is 5.32 Å². The Morgan fingerprint density at radius 3 is 1.92 bits per heavy atom. The number of hydrogen-bond acceptors (Lipinski definition) is 1. The maximum absolute atomic E-state index is 3.51. The lowest BCUT2D eigenvalue weighted by molar-refractivity contribution is 0.235. The molecule has 0 saturated heterocycles. The maximum atomic E-state index is 3.51. The Bertz CT molecular complexity index is 114. The van der Waals surface area contributed by atoms with Gasteiger partial charge < -0.3 is 5.32 Å². The second-order valence-corrected chi connectivity index (χ2v) is 5.17. The first-order valence-electron chi connectivity index (χ1n) is 5.07. The third-order valence-electron chi connectivity index (χ3n) is 2.70. The van der Waals surface area contributed by atoms with Crippen LogP contribution in [0.5, 0.6) is 0 Å². The van der Waals surface area contributed by atoms with E-state index in [2.05, 4.69) is 46.9 Å². The smallest absolute Gasteiger partial charge is 0.000508 e. The van der Waals surface area contributed by atoms with E-state index in [0.29, 0.717) is 5.41 Å². The van der Waals surface area contributed by atoms with Crippen LogP contribution in [-0.2, 0) is 0 Å². The van der Waals surface area contributed by atoms with Crippen LogP contribution in [0.15, 0.2) is 0 Å². The molecule has 0 aromatic rings. The molecular weight excluding hydrogens is 146 g/mol. The monoisotopic (exact) mass is 171 g/mol. The molecule has 1 heteroatoms. The highest BCUT2D eigenvalue weighted by atomic mass is 14.9. The molecule has 12 heavy (non-hydrogen) atoms. The molecule has 74 valence electrons. The Morgan fingerprint density at radius 1 is 1.08 bits per heavy atom. The second-order valence-electron chi connectivity index (χ2n) is 5.17. The Kier molecular flexibility index (Phi) is 4.84. The first-order valence-corrected chi connectivity index (χ1v) is 5.07. The van der Waals surface area contributed by atoms with Crippen LogP contribution in [0.3, 0.4) is 0 Å². The number of rotatable bonds is 5. The zero-order chi connectivity index (χ0) is 9.78. The predicted molar refractivity (Wildman–Crippen MR) is 56.3 cm³/mol. The fourth-order valence-corrected chi connectivity index (χ4v) is 0.887. The summed E-state index contributed by atoms with van der Waals surface area (Å²) >= 11 is 0. The van der Waals surface area contributed by atoms with Crippen molar-refractivity contribution in [3.05, 3.63) is 0 Å². The molecule has 1 N–H and O–H groups in total. The standard InChI is InChI=1S/C11H25N/c1-9(2)7-12-8-11(5,6)10(3)4/h9-10,12H,7-8H2,1-6H3. The van der Waals surface area contributed by atoms with Gasteiger partial charge in [0, 0.05) is 6.54 Å². The van der Waals surface area contributed by atoms with Gasteiger partial charge >= 0.3 is 0 Å². The van der Waals surface area contributed by atoms with Crippen molar-refractivity contribution < 1.29 is 0 Å². The van der Waals surface area contributed by atoms with E-state index < -0.39 is 0 Å². The lowest BCUT2D eigenvalue weighted by Gasteiger charge is -2.29. The van der Waals surface area contributed by atoms with Gasteiger partial charge in [0.25, 0.3) is 0 Å². The van der Waals surface area contributed by atoms with Crippen molar-refractivity contribution in [1.29, 1.82) is 0 Å². The summed E-state index contributed by atoms with van der Waals surface area (Å²) in [5.74, 6) is 1.50. The molecule has 0 aromatic heterocycles. The van der Waals surface area contributed by atoms with Crippen molar-refractivity contribution in [2.24, 2.45) is 17.3 Å². The maximum Gasteiger partial charge on any atom is 0.000508 e. The summed E-state index contributed by atoms with van der Waals surface area (Å²) < 4.78 is 0. The highest BCUT2D eigenvalue weighted by Gasteiger charge is 2.21. The van der Waals surface area contributed by atoms with Gasteiger partial charge in [-0.1, -0.05) is 41.5 Å². The quantitative estimate of drug-likeness (QED) is 0.670. The van der Waals surface area contributed by atoms with Gasteiger partial charge in [0.1, 0.15) is 0 Å². The average molecular weight is 171 g/mol. The third kappa shape index (κ3) is 4.76. The Hall–Kier alpha value is -0.0400. The molecule has 0 aliphatic rings. The van der Waals surface area contributed by atoms with Gasteiger partial charge in [-0.2, -0.15) is 0 Å². The van der Waals surface area contributed by atoms with Crippen molar-refractivity contribution in [2.45, 2.75) is 41.5 Å². The predicted octanol–water partition coefficient (Wildman–Crippen LogP) is 2.91. The Morgan fingerprint density at radius 2 is 1.58 bits per heavy atom. The number of hydrogen-bond donors (Lipinski definition) is 1. The van der Waals surface area contributed by atoms with Crippen LogP contribution in [0.1, 0.15) is 41.5 Å². The van der Waals surface area contributed by atoms with E-state index in [0.717, 1.165) is 24.9 Å². The normalized spacial score (nSPS) is 13.0. The summed E-state index contributed by atoms with van der Waals surface area (Å²) in [6, 6.07) is 0. The molecule has 0 amide bonds. The number of nitrogens with one attached hydrogen (secondary N) is 1. The van der Waals surface area contributed by atoms with E-state index in [1.807, 2.05) is 0 Å². The van der Waals surface area contributed by atoms with E-state index in [1.54, 1.807) is 0 Å². The van der Waals surface area contributed by atoms with Crippen LogP contribution in [0.4, 0.5) is 0 Å². The highest BCUT2D eigenvalue weighted by Crippen LogP contribution is 2.24. The van der Waals surface area contributed by atoms with Crippen LogP contribution >= 0.6 is 0 Å². The van der Waals surface area contributed by atoms with Gasteiger partial charge in [-0.05, 0) is 23.8 Å². The topological polar surface area (TPSA) is 12.0 Å². The Labute approximate surface area is 77.9 Å². The molecule has 0 saturated carbocycles. The lowest BCUT2D eigenvalue weighted by atomic mass is 9.81. The SMILES string of the molecule is CC(C)CNCC(C)(C)C(C)C. The van der Waals surface area contributed by atoms with Gasteiger partial charge in [-0.25, -0.2) is 0 Å². The molecule has 0 unspecified atom stereocenters. The molecule has 0 aromatic carbocycles. The minimum absolute atomic E-state index is 0.425. The van der Waals surface area contributed by atoms with Crippen LogP contribution in [0.2, 0.25) is 0 Å². The summed E-state index contributed by atoms with van der Waals surface area (Å²) in [5, 5.41) is 3.51. The molecule has 0 spiro atoms. The van der Waals surface area contributed by atoms with Crippen molar-refractivity contribution >= 4 is 0 Å². The van der Waals surface area contributed by atoms with Gasteiger partial charge in [0.05, 0.1) is 0 Å². The van der Waals surface area contributed by atoms with Crippen LogP contribution in [0.25, 0.3) is 0 Å². The largest absolute Gasteiger partial charge is 0.316 e. The zero-order valence-electron chi connectivity index (χ0n) is 9.57. The van der Waals surface area contributed by atoms with E-state index in [-0.39, 0.29) is 0 Å². The molecule has 0 aliphatic carbocycles. The molecular formula is C11H25N. The average Bonchev–Trinajstić information content (AvgIpc) is 1.85. The molecule has 1 nitrogen and oxygen atoms in total. The van der Waals surface area contributed by atoms with Crippen LogP contribution in [-0.4, -0.2) is 13.1 Å². The third-order valence-corrected chi connectivity index (χ3v) is 2.70. The molecule has 0 heterocycles. The summed E-state index contributed by atoms with van der Waals surface area (Å²) in [4.78, 5) is 0. The summed E-state index contributed by atoms with van der Waals surface area (Å²) in [6.45, 7) is 16.0. The van der Waals surface area contributed by atoms with Crippen molar-refractivity contribution in [2.75, 3.05) is 13.1 Å². The lowest BCUT2D eigenvalue weighted by Crippen LogP contribution is -2.35. The molecule has 0 radical (unpaired) electrons. The van der Waals surface area contributed by atoms with Gasteiger partial charge in [-0.3, -0.25) is 0 Å². The molecule has 0 fully saturated rings. The van der Waals surface area contributed by atoms with E-state index >= 15 is 0 Å². The summed E-state index contributed by atoms with van der Waals surface area (Å²) in [7, 11) is 0. The van der Waals surface area contributed by atoms with Crippen molar-refractivity contribution in [3.63, 3.8) is 0 Å². The zero-order valence-corrected chi connectivity index (χ0v) is 9.57. The van der Waals surface area contributed by atoms with E-state index in [9.17, 15) is 0 Å². The van der Waals surface area contributed by atoms with Gasteiger partial charge in [-0.15, -0.1) is 0 Å². The molecule has 0 rings (SSSR count). The summed E-state index contributed by atoms with van der Waals surface area (Å²) in [5.41, 5.74) is 0.425. The summed E-state index contributed by atoms with van der Waals surface area (Å²) in [6.07, 6.45) is 0. The van der Waals surface area contributed by atoms with Crippen LogP contribution in [0, 0.1) is 17.3 Å². The second kappa shape index (κ2) is 4.86. The van der Waals surface area contributed by atoms with Gasteiger partial charge in [0.15, 0.2) is 0 Å². The first kappa shape index (κ1) is 12.0. The highest BCUT2D eigenvalue weighted by molar-refractivity contribution is 4.74. The van der Waals surface area contributed by atoms with E-state index in [1.165, 1.54) is 0 Å². The molecule has 0 bridgehead atoms. The van der Waals surface area contributed by atoms with Crippen molar-refractivity contribution in [3.8, 4) is 0 Å². The fourth-order valence-electron chi connectivity index (χ4n) is 0.887. The van der Waals surface area contributed by atoms with E-state index in [4.69, 9.17) is 0 Å². The molecule has 0 atom stereocenters. The minimum atomic E-state index is 0.425. The molecule has 0 aliphatic heterocycles. The van der Waals surface area contributed by atoms with Gasteiger partial charge in [0.2, 0.25) is 0 Å². The first-order chi connectivity index (χ1) is 5.36. The Balaban J connectivity index is 3.61. The van der Waals surface area contributed by atoms with Crippen molar-refractivity contribution in [1.82, 2.24) is 5.32 Å².